The number of nitrogens with zero attached hydrogens (tertiary/aromatic N) is 6. The molecule has 5 rings (SSSR count). The lowest BCUT2D eigenvalue weighted by Gasteiger charge is -2.38. The summed E-state index contributed by atoms with van der Waals surface area (Å²) in [7, 11) is 0. The molecule has 0 bridgehead atoms. The third kappa shape index (κ3) is 5.02. The van der Waals surface area contributed by atoms with E-state index in [4.69, 9.17) is 6.42 Å². The summed E-state index contributed by atoms with van der Waals surface area (Å²) in [6, 6.07) is 6.57. The molecule has 38 heavy (non-hydrogen) atoms. The second kappa shape index (κ2) is 9.98. The Morgan fingerprint density at radius 2 is 2.08 bits per heavy atom. The highest BCUT2D eigenvalue weighted by Crippen LogP contribution is 2.38. The predicted molar refractivity (Wildman–Crippen MR) is 143 cm³/mol. The van der Waals surface area contributed by atoms with E-state index in [1.165, 1.54) is 23.2 Å². The van der Waals surface area contributed by atoms with Gasteiger partial charge in [-0.1, -0.05) is 17.3 Å². The van der Waals surface area contributed by atoms with Crippen LogP contribution in [0.3, 0.4) is 0 Å². The second-order valence-electron chi connectivity index (χ2n) is 9.47. The minimum Gasteiger partial charge on any atom is -0.382 e. The monoisotopic (exact) mass is 536 g/mol. The van der Waals surface area contributed by atoms with Gasteiger partial charge in [-0.15, -0.1) is 16.6 Å². The molecule has 4 aromatic heterocycles. The maximum atomic E-state index is 14.7. The predicted octanol–water partition coefficient (Wildman–Crippen LogP) is 4.07. The maximum Gasteiger partial charge on any atom is 0.285 e. The minimum absolute atomic E-state index is 0.111. The highest BCUT2D eigenvalue weighted by Gasteiger charge is 2.45. The van der Waals surface area contributed by atoms with Gasteiger partial charge in [-0.25, -0.2) is 13.3 Å². The van der Waals surface area contributed by atoms with Crippen molar-refractivity contribution >= 4 is 33.6 Å². The number of anilines is 2. The maximum absolute atomic E-state index is 14.7. The van der Waals surface area contributed by atoms with Crippen LogP contribution in [-0.2, 0) is 4.79 Å². The summed E-state index contributed by atoms with van der Waals surface area (Å²) in [5, 5.41) is 19.7. The fraction of sp³-hybridized carbons (Fsp3) is 0.346. The van der Waals surface area contributed by atoms with Crippen LogP contribution in [0.15, 0.2) is 36.7 Å². The number of aromatic nitrogens is 5. The van der Waals surface area contributed by atoms with Gasteiger partial charge in [-0.05, 0) is 44.5 Å². The SMILES string of the molecule is C#Cc1cnn2c(-c3cc(NC(C)C)c(-c4nnc(N5CC[C@H](NC(C)=O)C(F)(F)C5)s4)cn3)ccc2c1. The molecule has 0 saturated carbocycles. The van der Waals surface area contributed by atoms with Crippen LogP contribution in [-0.4, -0.2) is 61.8 Å². The van der Waals surface area contributed by atoms with Gasteiger partial charge in [-0.3, -0.25) is 9.78 Å². The molecule has 1 aliphatic heterocycles. The van der Waals surface area contributed by atoms with Gasteiger partial charge in [0.15, 0.2) is 5.01 Å². The normalized spacial score (nSPS) is 17.0. The second-order valence-corrected chi connectivity index (χ2v) is 10.4. The van der Waals surface area contributed by atoms with Gasteiger partial charge >= 0.3 is 0 Å². The standard InChI is InChI=1S/C26H26F2N8OS/c1-5-17-10-18-6-7-22(36(18)30-12-17)21-11-20(31-15(2)3)19(13-29-21)24-33-34-25(38-24)35-9-8-23(32-16(4)37)26(27,28)14-35/h1,6-7,10-13,15,23H,8-9,14H2,2-4H3,(H,29,31)(H,32,37)/t23-/m0/s1. The molecule has 1 atom stereocenters. The minimum atomic E-state index is -3.09. The van der Waals surface area contributed by atoms with Crippen molar-refractivity contribution in [2.75, 3.05) is 23.3 Å². The Hall–Kier alpha value is -4.11. The Morgan fingerprint density at radius 1 is 1.26 bits per heavy atom. The lowest BCUT2D eigenvalue weighted by atomic mass is 10.0. The zero-order valence-electron chi connectivity index (χ0n) is 21.1. The van der Waals surface area contributed by atoms with Gasteiger partial charge in [0, 0.05) is 37.0 Å². The van der Waals surface area contributed by atoms with E-state index in [2.05, 4.69) is 36.8 Å². The average molecular weight is 537 g/mol. The number of pyridine rings is 1. The third-order valence-corrected chi connectivity index (χ3v) is 7.19. The van der Waals surface area contributed by atoms with E-state index in [0.29, 0.717) is 27.9 Å². The smallest absolute Gasteiger partial charge is 0.285 e. The largest absolute Gasteiger partial charge is 0.382 e. The van der Waals surface area contributed by atoms with Crippen molar-refractivity contribution in [3.63, 3.8) is 0 Å². The Kier molecular flexibility index (Phi) is 6.71. The molecular formula is C26H26F2N8OS. The van der Waals surface area contributed by atoms with Gasteiger partial charge in [0.25, 0.3) is 5.92 Å². The van der Waals surface area contributed by atoms with Crippen LogP contribution in [0.4, 0.5) is 19.6 Å². The van der Waals surface area contributed by atoms with Crippen molar-refractivity contribution in [2.24, 2.45) is 0 Å². The molecule has 1 amide bonds. The fourth-order valence-electron chi connectivity index (χ4n) is 4.45. The first-order valence-corrected chi connectivity index (χ1v) is 12.9. The molecule has 1 aliphatic rings. The van der Waals surface area contributed by atoms with Crippen molar-refractivity contribution < 1.29 is 13.6 Å². The number of terminal acetylenes is 1. The first kappa shape index (κ1) is 25.5. The molecule has 2 N–H and O–H groups in total. The topological polar surface area (TPSA) is 100 Å². The number of alkyl halides is 2. The van der Waals surface area contributed by atoms with Crippen LogP contribution in [0, 0.1) is 12.3 Å². The number of rotatable bonds is 6. The van der Waals surface area contributed by atoms with Crippen LogP contribution >= 0.6 is 11.3 Å². The molecule has 1 fully saturated rings. The summed E-state index contributed by atoms with van der Waals surface area (Å²) in [6.45, 7) is 5.07. The first-order chi connectivity index (χ1) is 18.1. The van der Waals surface area contributed by atoms with E-state index < -0.39 is 24.4 Å². The number of hydrogen-bond donors (Lipinski definition) is 2. The van der Waals surface area contributed by atoms with Crippen molar-refractivity contribution in [1.82, 2.24) is 30.1 Å². The van der Waals surface area contributed by atoms with Gasteiger partial charge in [0.1, 0.15) is 0 Å². The molecule has 12 heteroatoms. The van der Waals surface area contributed by atoms with Crippen LogP contribution in [0.2, 0.25) is 0 Å². The van der Waals surface area contributed by atoms with Crippen molar-refractivity contribution in [3.8, 4) is 34.3 Å². The summed E-state index contributed by atoms with van der Waals surface area (Å²) < 4.78 is 31.2. The highest BCUT2D eigenvalue weighted by molar-refractivity contribution is 7.18. The van der Waals surface area contributed by atoms with Crippen molar-refractivity contribution in [3.05, 3.63) is 42.2 Å². The number of carbonyl (C=O) groups excluding carboxylic acids is 1. The van der Waals surface area contributed by atoms with Crippen LogP contribution in [0.25, 0.3) is 27.5 Å². The summed E-state index contributed by atoms with van der Waals surface area (Å²) >= 11 is 1.23. The lowest BCUT2D eigenvalue weighted by molar-refractivity contribution is -0.124. The molecular weight excluding hydrogens is 510 g/mol. The van der Waals surface area contributed by atoms with Gasteiger partial charge in [-0.2, -0.15) is 5.10 Å². The summed E-state index contributed by atoms with van der Waals surface area (Å²) in [6.07, 6.45) is 8.94. The Morgan fingerprint density at radius 3 is 2.79 bits per heavy atom. The van der Waals surface area contributed by atoms with Gasteiger partial charge in [0.2, 0.25) is 11.0 Å². The Labute approximate surface area is 222 Å². The van der Waals surface area contributed by atoms with Crippen LogP contribution < -0.4 is 15.5 Å². The van der Waals surface area contributed by atoms with E-state index in [9.17, 15) is 13.6 Å². The molecule has 9 nitrogen and oxygen atoms in total. The molecule has 0 unspecified atom stereocenters. The number of piperidine rings is 1. The highest BCUT2D eigenvalue weighted by atomic mass is 32.1. The van der Waals surface area contributed by atoms with E-state index in [1.54, 1.807) is 16.9 Å². The number of carbonyl (C=O) groups is 1. The van der Waals surface area contributed by atoms with Crippen LogP contribution in [0.1, 0.15) is 32.8 Å². The first-order valence-electron chi connectivity index (χ1n) is 12.1. The average Bonchev–Trinajstić information content (AvgIpc) is 3.51. The van der Waals surface area contributed by atoms with Crippen LogP contribution in [0.5, 0.6) is 0 Å². The molecule has 0 aromatic carbocycles. The molecule has 4 aromatic rings. The molecule has 196 valence electrons. The Bertz CT molecular complexity index is 1540. The number of hydrogen-bond acceptors (Lipinski definition) is 8. The van der Waals surface area contributed by atoms with Gasteiger partial charge in [0.05, 0.1) is 41.3 Å². The lowest BCUT2D eigenvalue weighted by Crippen LogP contribution is -2.58. The summed E-state index contributed by atoms with van der Waals surface area (Å²) in [5.74, 6) is -0.965. The van der Waals surface area contributed by atoms with E-state index in [0.717, 1.165) is 22.5 Å². The zero-order chi connectivity index (χ0) is 27.0. The third-order valence-electron chi connectivity index (χ3n) is 6.17. The molecule has 5 heterocycles. The number of fused-ring (bicyclic) bond motifs is 1. The number of halogens is 2. The molecule has 0 spiro atoms. The zero-order valence-corrected chi connectivity index (χ0v) is 21.9. The van der Waals surface area contributed by atoms with Crippen molar-refractivity contribution in [1.29, 1.82) is 0 Å². The Balaban J connectivity index is 1.45. The molecule has 0 radical (unpaired) electrons. The quantitative estimate of drug-likeness (QED) is 0.359. The summed E-state index contributed by atoms with van der Waals surface area (Å²) in [4.78, 5) is 17.5. The fourth-order valence-corrected chi connectivity index (χ4v) is 5.34. The number of nitrogens with one attached hydrogen (secondary N) is 2. The van der Waals surface area contributed by atoms with Gasteiger partial charge < -0.3 is 15.5 Å². The molecule has 1 saturated heterocycles. The summed E-state index contributed by atoms with van der Waals surface area (Å²) in [5.41, 5.74) is 4.54. The van der Waals surface area contributed by atoms with Crippen molar-refractivity contribution in [2.45, 2.75) is 45.2 Å². The molecule has 0 aliphatic carbocycles. The van der Waals surface area contributed by atoms with E-state index in [1.807, 2.05) is 38.1 Å². The van der Waals surface area contributed by atoms with E-state index >= 15 is 0 Å². The van der Waals surface area contributed by atoms with E-state index in [-0.39, 0.29) is 12.5 Å². The number of amides is 1.